The standard InChI is InChI=1S/C16H20N4O4/c1-16(2,3)24-14(21)13(11-7-5-4-6-8-11)18-15(22)23-10-12-9-17-20-19-12/h4-9,13H,10H2,1-3H3,(H,18,22)(H,17,19,20)/t13-/m1/s1. The average molecular weight is 332 g/mol. The van der Waals surface area contributed by atoms with Gasteiger partial charge in [0.2, 0.25) is 0 Å². The van der Waals surface area contributed by atoms with E-state index in [0.717, 1.165) is 0 Å². The lowest BCUT2D eigenvalue weighted by molar-refractivity contribution is -0.157. The fourth-order valence-corrected chi connectivity index (χ4v) is 1.88. The number of alkyl carbamates (subject to hydrolysis) is 1. The molecule has 1 atom stereocenters. The number of carbonyl (C=O) groups excluding carboxylic acids is 2. The van der Waals surface area contributed by atoms with Crippen LogP contribution in [0.25, 0.3) is 0 Å². The minimum Gasteiger partial charge on any atom is -0.458 e. The van der Waals surface area contributed by atoms with Gasteiger partial charge >= 0.3 is 12.1 Å². The van der Waals surface area contributed by atoms with Gasteiger partial charge in [-0.3, -0.25) is 0 Å². The van der Waals surface area contributed by atoms with Gasteiger partial charge in [0.1, 0.15) is 17.9 Å². The van der Waals surface area contributed by atoms with Crippen molar-refractivity contribution in [2.24, 2.45) is 0 Å². The van der Waals surface area contributed by atoms with Crippen LogP contribution < -0.4 is 5.32 Å². The summed E-state index contributed by atoms with van der Waals surface area (Å²) in [6.07, 6.45) is 0.688. The predicted octanol–water partition coefficient (Wildman–Crippen LogP) is 2.11. The van der Waals surface area contributed by atoms with E-state index in [-0.39, 0.29) is 6.61 Å². The molecule has 1 heterocycles. The molecule has 8 nitrogen and oxygen atoms in total. The molecular weight excluding hydrogens is 312 g/mol. The summed E-state index contributed by atoms with van der Waals surface area (Å²) in [4.78, 5) is 24.4. The number of hydrogen-bond acceptors (Lipinski definition) is 6. The highest BCUT2D eigenvalue weighted by Crippen LogP contribution is 2.18. The van der Waals surface area contributed by atoms with Crippen molar-refractivity contribution >= 4 is 12.1 Å². The van der Waals surface area contributed by atoms with Crippen LogP contribution in [0.2, 0.25) is 0 Å². The maximum atomic E-state index is 12.4. The van der Waals surface area contributed by atoms with E-state index in [1.54, 1.807) is 45.0 Å². The Kier molecular flexibility index (Phi) is 5.51. The smallest absolute Gasteiger partial charge is 0.408 e. The van der Waals surface area contributed by atoms with E-state index in [9.17, 15) is 9.59 Å². The molecule has 8 heteroatoms. The number of rotatable bonds is 5. The normalized spacial score (nSPS) is 12.3. The molecule has 0 aliphatic carbocycles. The number of carbonyl (C=O) groups is 2. The lowest BCUT2D eigenvalue weighted by Crippen LogP contribution is -2.38. The molecule has 0 saturated carbocycles. The second-order valence-electron chi connectivity index (χ2n) is 6.06. The van der Waals surface area contributed by atoms with Gasteiger partial charge in [0, 0.05) is 0 Å². The quantitative estimate of drug-likeness (QED) is 0.812. The van der Waals surface area contributed by atoms with Crippen LogP contribution in [0.3, 0.4) is 0 Å². The van der Waals surface area contributed by atoms with Crippen molar-refractivity contribution in [3.63, 3.8) is 0 Å². The summed E-state index contributed by atoms with van der Waals surface area (Å²) in [5.74, 6) is -0.563. The summed E-state index contributed by atoms with van der Waals surface area (Å²) in [7, 11) is 0. The largest absolute Gasteiger partial charge is 0.458 e. The SMILES string of the molecule is CC(C)(C)OC(=O)[C@H](NC(=O)OCc1cn[nH]n1)c1ccccc1. The number of benzene rings is 1. The second-order valence-corrected chi connectivity index (χ2v) is 6.06. The summed E-state index contributed by atoms with van der Waals surface area (Å²) in [5, 5.41) is 12.3. The first-order chi connectivity index (χ1) is 11.3. The van der Waals surface area contributed by atoms with Crippen molar-refractivity contribution < 1.29 is 19.1 Å². The van der Waals surface area contributed by atoms with Crippen LogP contribution in [0.5, 0.6) is 0 Å². The average Bonchev–Trinajstić information content (AvgIpc) is 3.03. The van der Waals surface area contributed by atoms with Crippen molar-refractivity contribution in [2.75, 3.05) is 0 Å². The molecule has 0 radical (unpaired) electrons. The maximum Gasteiger partial charge on any atom is 0.408 e. The van der Waals surface area contributed by atoms with E-state index in [1.807, 2.05) is 6.07 Å². The Labute approximate surface area is 139 Å². The molecule has 0 aliphatic rings. The van der Waals surface area contributed by atoms with Crippen LogP contribution in [-0.2, 0) is 20.9 Å². The monoisotopic (exact) mass is 332 g/mol. The number of nitrogens with zero attached hydrogens (tertiary/aromatic N) is 2. The topological polar surface area (TPSA) is 106 Å². The van der Waals surface area contributed by atoms with E-state index < -0.39 is 23.7 Å². The highest BCUT2D eigenvalue weighted by molar-refractivity contribution is 5.83. The molecule has 0 bridgehead atoms. The highest BCUT2D eigenvalue weighted by atomic mass is 16.6. The molecule has 0 unspecified atom stereocenters. The molecule has 2 N–H and O–H groups in total. The summed E-state index contributed by atoms with van der Waals surface area (Å²) in [6.45, 7) is 5.22. The molecule has 1 aromatic carbocycles. The van der Waals surface area contributed by atoms with E-state index in [4.69, 9.17) is 9.47 Å². The van der Waals surface area contributed by atoms with Crippen LogP contribution in [-0.4, -0.2) is 33.1 Å². The van der Waals surface area contributed by atoms with E-state index in [1.165, 1.54) is 6.20 Å². The van der Waals surface area contributed by atoms with Crippen LogP contribution in [0, 0.1) is 0 Å². The van der Waals surface area contributed by atoms with E-state index in [0.29, 0.717) is 11.3 Å². The molecule has 0 fully saturated rings. The van der Waals surface area contributed by atoms with Crippen LogP contribution in [0.1, 0.15) is 38.1 Å². The molecular formula is C16H20N4O4. The van der Waals surface area contributed by atoms with Crippen molar-refractivity contribution in [2.45, 2.75) is 39.0 Å². The first-order valence-corrected chi connectivity index (χ1v) is 7.41. The zero-order valence-electron chi connectivity index (χ0n) is 13.8. The molecule has 1 amide bonds. The summed E-state index contributed by atoms with van der Waals surface area (Å²) >= 11 is 0. The van der Waals surface area contributed by atoms with Gasteiger partial charge in [-0.2, -0.15) is 15.4 Å². The Balaban J connectivity index is 2.05. The van der Waals surface area contributed by atoms with Crippen molar-refractivity contribution in [3.05, 3.63) is 47.8 Å². The number of ether oxygens (including phenoxy) is 2. The van der Waals surface area contributed by atoms with Crippen molar-refractivity contribution in [1.82, 2.24) is 20.7 Å². The van der Waals surface area contributed by atoms with Crippen LogP contribution in [0.4, 0.5) is 4.79 Å². The molecule has 2 aromatic rings. The molecule has 24 heavy (non-hydrogen) atoms. The third kappa shape index (κ3) is 5.38. The van der Waals surface area contributed by atoms with Gasteiger partial charge in [0.05, 0.1) is 6.20 Å². The van der Waals surface area contributed by atoms with Crippen LogP contribution in [0.15, 0.2) is 36.5 Å². The minimum absolute atomic E-state index is 0.0574. The molecule has 1 aromatic heterocycles. The Bertz CT molecular complexity index is 665. The number of aromatic nitrogens is 3. The number of hydrogen-bond donors (Lipinski definition) is 2. The lowest BCUT2D eigenvalue weighted by Gasteiger charge is -2.24. The predicted molar refractivity (Wildman–Crippen MR) is 84.7 cm³/mol. The van der Waals surface area contributed by atoms with Crippen LogP contribution >= 0.6 is 0 Å². The van der Waals surface area contributed by atoms with E-state index >= 15 is 0 Å². The van der Waals surface area contributed by atoms with Crippen molar-refractivity contribution in [1.29, 1.82) is 0 Å². The highest BCUT2D eigenvalue weighted by Gasteiger charge is 2.28. The Morgan fingerprint density at radius 2 is 1.96 bits per heavy atom. The van der Waals surface area contributed by atoms with Gasteiger partial charge in [-0.05, 0) is 26.3 Å². The second kappa shape index (κ2) is 7.58. The fourth-order valence-electron chi connectivity index (χ4n) is 1.88. The molecule has 0 spiro atoms. The first kappa shape index (κ1) is 17.5. The molecule has 0 aliphatic heterocycles. The molecule has 128 valence electrons. The van der Waals surface area contributed by atoms with Gasteiger partial charge in [-0.15, -0.1) is 0 Å². The van der Waals surface area contributed by atoms with Gasteiger partial charge < -0.3 is 14.8 Å². The minimum atomic E-state index is -0.963. The Morgan fingerprint density at radius 3 is 2.54 bits per heavy atom. The van der Waals surface area contributed by atoms with Gasteiger partial charge in [0.25, 0.3) is 0 Å². The van der Waals surface area contributed by atoms with Crippen molar-refractivity contribution in [3.8, 4) is 0 Å². The maximum absolute atomic E-state index is 12.4. The first-order valence-electron chi connectivity index (χ1n) is 7.41. The van der Waals surface area contributed by atoms with E-state index in [2.05, 4.69) is 20.7 Å². The number of amides is 1. The number of H-pyrrole nitrogens is 1. The number of aromatic amines is 1. The summed E-state index contributed by atoms with van der Waals surface area (Å²) in [5.41, 5.74) is 0.403. The summed E-state index contributed by atoms with van der Waals surface area (Å²) < 4.78 is 10.4. The zero-order chi connectivity index (χ0) is 17.6. The van der Waals surface area contributed by atoms with Gasteiger partial charge in [-0.25, -0.2) is 9.59 Å². The fraction of sp³-hybridized carbons (Fsp3) is 0.375. The Hall–Kier alpha value is -2.90. The van der Waals surface area contributed by atoms with Gasteiger partial charge in [0.15, 0.2) is 6.04 Å². The number of esters is 1. The molecule has 0 saturated heterocycles. The number of nitrogens with one attached hydrogen (secondary N) is 2. The third-order valence-electron chi connectivity index (χ3n) is 2.85. The van der Waals surface area contributed by atoms with Gasteiger partial charge in [-0.1, -0.05) is 30.3 Å². The lowest BCUT2D eigenvalue weighted by atomic mass is 10.1. The summed E-state index contributed by atoms with van der Waals surface area (Å²) in [6, 6.07) is 7.86. The Morgan fingerprint density at radius 1 is 1.25 bits per heavy atom. The molecule has 2 rings (SSSR count). The zero-order valence-corrected chi connectivity index (χ0v) is 13.8. The third-order valence-corrected chi connectivity index (χ3v) is 2.85.